The number of rotatable bonds is 5. The van der Waals surface area contributed by atoms with Crippen molar-refractivity contribution >= 4 is 11.6 Å². The highest BCUT2D eigenvalue weighted by atomic mass is 35.5. The van der Waals surface area contributed by atoms with Crippen molar-refractivity contribution in [2.75, 3.05) is 6.54 Å². The molecule has 2 rings (SSSR count). The highest BCUT2D eigenvalue weighted by molar-refractivity contribution is 6.31. The molecule has 3 heteroatoms. The topological polar surface area (TPSA) is 12.0 Å². The van der Waals surface area contributed by atoms with E-state index in [9.17, 15) is 4.39 Å². The second-order valence-electron chi connectivity index (χ2n) is 4.75. The van der Waals surface area contributed by atoms with Crippen molar-refractivity contribution in [3.63, 3.8) is 0 Å². The van der Waals surface area contributed by atoms with Gasteiger partial charge in [-0.15, -0.1) is 0 Å². The molecule has 2 aromatic rings. The van der Waals surface area contributed by atoms with Crippen molar-refractivity contribution in [1.82, 2.24) is 5.32 Å². The number of halogens is 2. The lowest BCUT2D eigenvalue weighted by atomic mass is 9.97. The summed E-state index contributed by atoms with van der Waals surface area (Å²) in [7, 11) is 0. The lowest BCUT2D eigenvalue weighted by molar-refractivity contribution is 0.614. The predicted octanol–water partition coefficient (Wildman–Crippen LogP) is 4.74. The van der Waals surface area contributed by atoms with Crippen molar-refractivity contribution in [3.8, 4) is 0 Å². The summed E-state index contributed by atoms with van der Waals surface area (Å²) in [6.07, 6.45) is 1.02. The smallest absolute Gasteiger partial charge is 0.124 e. The molecule has 1 atom stereocenters. The molecular weight excluding hydrogens is 273 g/mol. The van der Waals surface area contributed by atoms with E-state index in [4.69, 9.17) is 11.6 Å². The molecule has 0 radical (unpaired) electrons. The third-order valence-corrected chi connectivity index (χ3v) is 3.73. The summed E-state index contributed by atoms with van der Waals surface area (Å²) in [4.78, 5) is 0. The monoisotopic (exact) mass is 291 g/mol. The van der Waals surface area contributed by atoms with Gasteiger partial charge < -0.3 is 5.32 Å². The zero-order chi connectivity index (χ0) is 14.5. The van der Waals surface area contributed by atoms with Crippen molar-refractivity contribution in [2.24, 2.45) is 0 Å². The largest absolute Gasteiger partial charge is 0.306 e. The standard InChI is InChI=1S/C17H19ClFN/c1-3-12-5-7-13(8-6-12)17(20-4-2)15-10-9-14(19)11-16(15)18/h5-11,17,20H,3-4H2,1-2H3. The maximum absolute atomic E-state index is 13.2. The van der Waals surface area contributed by atoms with Gasteiger partial charge in [0.1, 0.15) is 5.82 Å². The van der Waals surface area contributed by atoms with Crippen molar-refractivity contribution in [3.05, 3.63) is 70.0 Å². The van der Waals surface area contributed by atoms with E-state index in [0.717, 1.165) is 24.1 Å². The fraction of sp³-hybridized carbons (Fsp3) is 0.294. The molecule has 1 nitrogen and oxygen atoms in total. The van der Waals surface area contributed by atoms with Crippen LogP contribution in [0.1, 0.15) is 36.6 Å². The van der Waals surface area contributed by atoms with E-state index in [0.29, 0.717) is 5.02 Å². The summed E-state index contributed by atoms with van der Waals surface area (Å²) in [6.45, 7) is 4.99. The molecule has 0 aliphatic carbocycles. The van der Waals surface area contributed by atoms with E-state index in [1.54, 1.807) is 6.07 Å². The third kappa shape index (κ3) is 3.38. The van der Waals surface area contributed by atoms with Gasteiger partial charge >= 0.3 is 0 Å². The number of nitrogens with one attached hydrogen (secondary N) is 1. The molecule has 0 saturated heterocycles. The summed E-state index contributed by atoms with van der Waals surface area (Å²) in [5.41, 5.74) is 3.34. The number of hydrogen-bond acceptors (Lipinski definition) is 1. The van der Waals surface area contributed by atoms with Crippen LogP contribution in [0, 0.1) is 5.82 Å². The van der Waals surface area contributed by atoms with Gasteiger partial charge in [0.2, 0.25) is 0 Å². The SMILES string of the molecule is CCNC(c1ccc(CC)cc1)c1ccc(F)cc1Cl. The zero-order valence-electron chi connectivity index (χ0n) is 11.8. The average molecular weight is 292 g/mol. The van der Waals surface area contributed by atoms with E-state index >= 15 is 0 Å². The Morgan fingerprint density at radius 1 is 1.10 bits per heavy atom. The van der Waals surface area contributed by atoms with Gasteiger partial charge in [0.05, 0.1) is 6.04 Å². The van der Waals surface area contributed by atoms with Gasteiger partial charge in [-0.1, -0.05) is 55.8 Å². The summed E-state index contributed by atoms with van der Waals surface area (Å²) in [6, 6.07) is 13.0. The molecule has 0 aliphatic rings. The number of benzene rings is 2. The predicted molar refractivity (Wildman–Crippen MR) is 82.7 cm³/mol. The Bertz CT molecular complexity index is 566. The lowest BCUT2D eigenvalue weighted by Gasteiger charge is -2.20. The Balaban J connectivity index is 2.38. The molecule has 0 fully saturated rings. The maximum Gasteiger partial charge on any atom is 0.124 e. The van der Waals surface area contributed by atoms with Crippen LogP contribution in [0.5, 0.6) is 0 Å². The van der Waals surface area contributed by atoms with E-state index in [1.165, 1.54) is 17.7 Å². The second kappa shape index (κ2) is 6.87. The summed E-state index contributed by atoms with van der Waals surface area (Å²) in [5.74, 6) is -0.310. The highest BCUT2D eigenvalue weighted by Gasteiger charge is 2.16. The van der Waals surface area contributed by atoms with Crippen LogP contribution in [0.2, 0.25) is 5.02 Å². The Kier molecular flexibility index (Phi) is 5.16. The molecule has 2 aromatic carbocycles. The molecule has 0 saturated carbocycles. The normalized spacial score (nSPS) is 12.4. The summed E-state index contributed by atoms with van der Waals surface area (Å²) in [5, 5.41) is 3.86. The van der Waals surface area contributed by atoms with E-state index in [1.807, 2.05) is 6.92 Å². The first kappa shape index (κ1) is 15.0. The van der Waals surface area contributed by atoms with E-state index in [2.05, 4.69) is 36.5 Å². The molecule has 1 N–H and O–H groups in total. The van der Waals surface area contributed by atoms with Crippen LogP contribution in [0.4, 0.5) is 4.39 Å². The van der Waals surface area contributed by atoms with Crippen LogP contribution < -0.4 is 5.32 Å². The van der Waals surface area contributed by atoms with Crippen molar-refractivity contribution in [1.29, 1.82) is 0 Å². The molecule has 0 aromatic heterocycles. The third-order valence-electron chi connectivity index (χ3n) is 3.40. The average Bonchev–Trinajstić information content (AvgIpc) is 2.46. The number of hydrogen-bond donors (Lipinski definition) is 1. The molecule has 1 unspecified atom stereocenters. The molecule has 0 aliphatic heterocycles. The zero-order valence-corrected chi connectivity index (χ0v) is 12.5. The summed E-state index contributed by atoms with van der Waals surface area (Å²) >= 11 is 6.19. The molecule has 106 valence electrons. The van der Waals surface area contributed by atoms with Crippen LogP contribution in [0.3, 0.4) is 0 Å². The van der Waals surface area contributed by atoms with E-state index < -0.39 is 0 Å². The van der Waals surface area contributed by atoms with Crippen LogP contribution in [0.25, 0.3) is 0 Å². The summed E-state index contributed by atoms with van der Waals surface area (Å²) < 4.78 is 13.2. The Hall–Kier alpha value is -1.38. The Labute approximate surface area is 124 Å². The lowest BCUT2D eigenvalue weighted by Crippen LogP contribution is -2.22. The second-order valence-corrected chi connectivity index (χ2v) is 5.16. The van der Waals surface area contributed by atoms with Crippen LogP contribution >= 0.6 is 11.6 Å². The Morgan fingerprint density at radius 3 is 2.35 bits per heavy atom. The van der Waals surface area contributed by atoms with Gasteiger partial charge in [0, 0.05) is 5.02 Å². The quantitative estimate of drug-likeness (QED) is 0.839. The molecule has 0 amide bonds. The fourth-order valence-electron chi connectivity index (χ4n) is 2.29. The van der Waals surface area contributed by atoms with Gasteiger partial charge in [0.15, 0.2) is 0 Å². The molecular formula is C17H19ClFN. The van der Waals surface area contributed by atoms with Crippen molar-refractivity contribution < 1.29 is 4.39 Å². The first-order chi connectivity index (χ1) is 9.65. The van der Waals surface area contributed by atoms with Crippen LogP contribution in [0.15, 0.2) is 42.5 Å². The maximum atomic E-state index is 13.2. The first-order valence-corrected chi connectivity index (χ1v) is 7.30. The minimum absolute atomic E-state index is 0.0148. The molecule has 0 heterocycles. The molecule has 20 heavy (non-hydrogen) atoms. The first-order valence-electron chi connectivity index (χ1n) is 6.92. The van der Waals surface area contributed by atoms with Crippen LogP contribution in [-0.2, 0) is 6.42 Å². The van der Waals surface area contributed by atoms with Gasteiger partial charge in [-0.2, -0.15) is 0 Å². The van der Waals surface area contributed by atoms with E-state index in [-0.39, 0.29) is 11.9 Å². The van der Waals surface area contributed by atoms with Gasteiger partial charge in [-0.3, -0.25) is 0 Å². The fourth-order valence-corrected chi connectivity index (χ4v) is 2.57. The number of aryl methyl sites for hydroxylation is 1. The van der Waals surface area contributed by atoms with Gasteiger partial charge in [-0.25, -0.2) is 4.39 Å². The minimum atomic E-state index is -0.310. The Morgan fingerprint density at radius 2 is 1.80 bits per heavy atom. The van der Waals surface area contributed by atoms with Crippen LogP contribution in [-0.4, -0.2) is 6.54 Å². The minimum Gasteiger partial charge on any atom is -0.306 e. The highest BCUT2D eigenvalue weighted by Crippen LogP contribution is 2.29. The van der Waals surface area contributed by atoms with Gasteiger partial charge in [-0.05, 0) is 41.8 Å². The van der Waals surface area contributed by atoms with Crippen molar-refractivity contribution in [2.45, 2.75) is 26.3 Å². The van der Waals surface area contributed by atoms with Gasteiger partial charge in [0.25, 0.3) is 0 Å². The molecule has 0 bridgehead atoms. The molecule has 0 spiro atoms.